The minimum atomic E-state index is 0.0501. The van der Waals surface area contributed by atoms with Gasteiger partial charge in [-0.15, -0.1) is 5.10 Å². The molecule has 2 aromatic rings. The first kappa shape index (κ1) is 8.67. The molecular weight excluding hydrogens is 212 g/mol. The van der Waals surface area contributed by atoms with Crippen LogP contribution >= 0.6 is 12.2 Å². The van der Waals surface area contributed by atoms with Gasteiger partial charge in [-0.1, -0.05) is 18.2 Å². The van der Waals surface area contributed by atoms with Gasteiger partial charge in [-0.25, -0.2) is 5.10 Å². The van der Waals surface area contributed by atoms with Crippen LogP contribution in [0.5, 0.6) is 5.75 Å². The number of hydrogen-bond acceptors (Lipinski definition) is 4. The maximum absolute atomic E-state index is 5.53. The zero-order valence-electron chi connectivity index (χ0n) is 7.77. The van der Waals surface area contributed by atoms with Crippen molar-refractivity contribution >= 4 is 12.2 Å². The van der Waals surface area contributed by atoms with Gasteiger partial charge in [-0.2, -0.15) is 0 Å². The van der Waals surface area contributed by atoms with E-state index in [1.54, 1.807) is 0 Å². The van der Waals surface area contributed by atoms with Crippen LogP contribution in [0.15, 0.2) is 28.7 Å². The summed E-state index contributed by atoms with van der Waals surface area (Å²) in [6, 6.07) is 7.88. The first-order chi connectivity index (χ1) is 7.34. The van der Waals surface area contributed by atoms with Crippen LogP contribution in [0.2, 0.25) is 0 Å². The van der Waals surface area contributed by atoms with Gasteiger partial charge in [0.15, 0.2) is 0 Å². The third kappa shape index (κ3) is 1.35. The molecule has 1 aromatic carbocycles. The number of ether oxygens (including phenoxy) is 1. The summed E-state index contributed by atoms with van der Waals surface area (Å²) in [4.78, 5) is 0.300. The Morgan fingerprint density at radius 1 is 1.40 bits per heavy atom. The van der Waals surface area contributed by atoms with Crippen LogP contribution in [0.3, 0.4) is 0 Å². The normalized spacial score (nSPS) is 18.5. The van der Waals surface area contributed by atoms with Gasteiger partial charge in [0, 0.05) is 5.56 Å². The minimum Gasteiger partial charge on any atom is -0.492 e. The van der Waals surface area contributed by atoms with Gasteiger partial charge < -0.3 is 9.15 Å². The van der Waals surface area contributed by atoms with Crippen molar-refractivity contribution in [1.29, 1.82) is 0 Å². The zero-order chi connectivity index (χ0) is 10.3. The highest BCUT2D eigenvalue weighted by Gasteiger charge is 2.28. The minimum absolute atomic E-state index is 0.0501. The summed E-state index contributed by atoms with van der Waals surface area (Å²) >= 11 is 4.84. The predicted octanol–water partition coefficient (Wildman–Crippen LogP) is 2.26. The average Bonchev–Trinajstić information content (AvgIpc) is 2.83. The Morgan fingerprint density at radius 3 is 3.07 bits per heavy atom. The number of H-pyrrole nitrogens is 1. The third-order valence-corrected chi connectivity index (χ3v) is 2.63. The van der Waals surface area contributed by atoms with Gasteiger partial charge in [-0.3, -0.25) is 0 Å². The van der Waals surface area contributed by atoms with E-state index in [9.17, 15) is 0 Å². The first-order valence-electron chi connectivity index (χ1n) is 4.62. The molecule has 1 unspecified atom stereocenters. The highest BCUT2D eigenvalue weighted by Crippen LogP contribution is 2.36. The van der Waals surface area contributed by atoms with Crippen molar-refractivity contribution < 1.29 is 9.15 Å². The van der Waals surface area contributed by atoms with E-state index in [0.29, 0.717) is 17.3 Å². The molecule has 0 bridgehead atoms. The standard InChI is InChI=1S/C10H8N2O2S/c15-10-12-11-9(14-10)7-5-13-8-4-2-1-3-6(7)8/h1-4,7H,5H2,(H,12,15). The average molecular weight is 220 g/mol. The molecule has 0 saturated heterocycles. The molecule has 4 nitrogen and oxygen atoms in total. The lowest BCUT2D eigenvalue weighted by Crippen LogP contribution is -2.02. The van der Waals surface area contributed by atoms with Crippen molar-refractivity contribution in [3.05, 3.63) is 40.6 Å². The lowest BCUT2D eigenvalue weighted by atomic mass is 10.0. The highest BCUT2D eigenvalue weighted by atomic mass is 32.1. The van der Waals surface area contributed by atoms with Crippen molar-refractivity contribution in [2.75, 3.05) is 6.61 Å². The van der Waals surface area contributed by atoms with Crippen LogP contribution in [0.25, 0.3) is 0 Å². The van der Waals surface area contributed by atoms with Crippen molar-refractivity contribution in [2.24, 2.45) is 0 Å². The van der Waals surface area contributed by atoms with E-state index in [0.717, 1.165) is 11.3 Å². The second-order valence-corrected chi connectivity index (χ2v) is 3.72. The molecule has 1 aliphatic heterocycles. The molecule has 0 aliphatic carbocycles. The molecule has 76 valence electrons. The number of benzene rings is 1. The van der Waals surface area contributed by atoms with Crippen LogP contribution in [0.1, 0.15) is 17.4 Å². The molecule has 3 rings (SSSR count). The number of hydrogen-bond donors (Lipinski definition) is 1. The van der Waals surface area contributed by atoms with Crippen molar-refractivity contribution in [2.45, 2.75) is 5.92 Å². The number of aromatic nitrogens is 2. The maximum Gasteiger partial charge on any atom is 0.284 e. The van der Waals surface area contributed by atoms with Crippen LogP contribution in [-0.4, -0.2) is 16.8 Å². The van der Waals surface area contributed by atoms with E-state index in [4.69, 9.17) is 21.4 Å². The zero-order valence-corrected chi connectivity index (χ0v) is 8.58. The van der Waals surface area contributed by atoms with E-state index < -0.39 is 0 Å². The van der Waals surface area contributed by atoms with Gasteiger partial charge in [-0.05, 0) is 18.3 Å². The Labute approximate surface area is 90.9 Å². The summed E-state index contributed by atoms with van der Waals surface area (Å²) in [7, 11) is 0. The molecule has 15 heavy (non-hydrogen) atoms. The molecule has 0 radical (unpaired) electrons. The highest BCUT2D eigenvalue weighted by molar-refractivity contribution is 7.71. The van der Waals surface area contributed by atoms with Crippen LogP contribution in [-0.2, 0) is 0 Å². The monoisotopic (exact) mass is 220 g/mol. The quantitative estimate of drug-likeness (QED) is 0.749. The Morgan fingerprint density at radius 2 is 2.27 bits per heavy atom. The second-order valence-electron chi connectivity index (χ2n) is 3.35. The van der Waals surface area contributed by atoms with Crippen LogP contribution in [0, 0.1) is 4.84 Å². The Hall–Kier alpha value is -1.62. The Kier molecular flexibility index (Phi) is 1.85. The molecule has 0 spiro atoms. The van der Waals surface area contributed by atoms with Crippen molar-refractivity contribution in [3.8, 4) is 5.75 Å². The second kappa shape index (κ2) is 3.20. The summed E-state index contributed by atoms with van der Waals surface area (Å²) in [6.45, 7) is 0.558. The molecule has 0 saturated carbocycles. The van der Waals surface area contributed by atoms with E-state index in [1.807, 2.05) is 24.3 Å². The van der Waals surface area contributed by atoms with Crippen molar-refractivity contribution in [1.82, 2.24) is 10.2 Å². The summed E-state index contributed by atoms with van der Waals surface area (Å²) in [5, 5.41) is 6.64. The van der Waals surface area contributed by atoms with Gasteiger partial charge in [0.05, 0.1) is 5.92 Å². The third-order valence-electron chi connectivity index (χ3n) is 2.45. The topological polar surface area (TPSA) is 51.0 Å². The predicted molar refractivity (Wildman–Crippen MR) is 55.5 cm³/mol. The first-order valence-corrected chi connectivity index (χ1v) is 5.02. The molecule has 5 heteroatoms. The Bertz CT molecular complexity index is 546. The summed E-state index contributed by atoms with van der Waals surface area (Å²) < 4.78 is 10.8. The lowest BCUT2D eigenvalue weighted by Gasteiger charge is -2.01. The lowest BCUT2D eigenvalue weighted by molar-refractivity contribution is 0.323. The number of para-hydroxylation sites is 1. The molecule has 1 atom stereocenters. The fourth-order valence-electron chi connectivity index (χ4n) is 1.76. The number of nitrogens with zero attached hydrogens (tertiary/aromatic N) is 1. The van der Waals surface area contributed by atoms with Crippen molar-refractivity contribution in [3.63, 3.8) is 0 Å². The SMILES string of the molecule is S=c1[nH]nc(C2COc3ccccc32)o1. The molecule has 1 aromatic heterocycles. The fraction of sp³-hybridized carbons (Fsp3) is 0.200. The molecule has 1 N–H and O–H groups in total. The summed E-state index contributed by atoms with van der Waals surface area (Å²) in [5.74, 6) is 1.53. The molecule has 0 fully saturated rings. The van der Waals surface area contributed by atoms with Gasteiger partial charge in [0.25, 0.3) is 4.84 Å². The fourth-order valence-corrected chi connectivity index (χ4v) is 1.89. The molecular formula is C10H8N2O2S. The van der Waals surface area contributed by atoms with Gasteiger partial charge >= 0.3 is 0 Å². The number of fused-ring (bicyclic) bond motifs is 1. The number of nitrogens with one attached hydrogen (secondary N) is 1. The van der Waals surface area contributed by atoms with Gasteiger partial charge in [0.1, 0.15) is 12.4 Å². The largest absolute Gasteiger partial charge is 0.492 e. The van der Waals surface area contributed by atoms with E-state index in [-0.39, 0.29) is 5.92 Å². The summed E-state index contributed by atoms with van der Waals surface area (Å²) in [5.41, 5.74) is 1.10. The van der Waals surface area contributed by atoms with Crippen LogP contribution in [0.4, 0.5) is 0 Å². The molecule has 0 amide bonds. The molecule has 1 aliphatic rings. The van der Waals surface area contributed by atoms with Gasteiger partial charge in [0.2, 0.25) is 5.89 Å². The maximum atomic E-state index is 5.53. The van der Waals surface area contributed by atoms with Crippen LogP contribution < -0.4 is 4.74 Å². The summed E-state index contributed by atoms with van der Waals surface area (Å²) in [6.07, 6.45) is 0. The van der Waals surface area contributed by atoms with E-state index in [2.05, 4.69) is 10.2 Å². The smallest absolute Gasteiger partial charge is 0.284 e. The molecule has 2 heterocycles. The van der Waals surface area contributed by atoms with E-state index in [1.165, 1.54) is 0 Å². The number of rotatable bonds is 1. The number of aromatic amines is 1. The van der Waals surface area contributed by atoms with E-state index >= 15 is 0 Å². The Balaban J connectivity index is 2.07.